The van der Waals surface area contributed by atoms with E-state index in [9.17, 15) is 28.8 Å². The summed E-state index contributed by atoms with van der Waals surface area (Å²) in [5.74, 6) is -2.84. The van der Waals surface area contributed by atoms with Gasteiger partial charge in [0.05, 0.1) is 0 Å². The maximum Gasteiger partial charge on any atom is 3.00 e. The summed E-state index contributed by atoms with van der Waals surface area (Å²) in [4.78, 5) is 61.7. The summed E-state index contributed by atoms with van der Waals surface area (Å²) in [5.41, 5.74) is 0. The summed E-state index contributed by atoms with van der Waals surface area (Å²) in [5, 5.41) is 0. The third-order valence-corrected chi connectivity index (χ3v) is 3.28. The summed E-state index contributed by atoms with van der Waals surface area (Å²) in [6.45, 7) is 18.1. The van der Waals surface area contributed by atoms with Gasteiger partial charge in [-0.25, -0.2) is 0 Å². The average molecular weight is 442 g/mol. The van der Waals surface area contributed by atoms with Crippen LogP contribution in [-0.4, -0.2) is 34.7 Å². The molecule has 0 aliphatic rings. The van der Waals surface area contributed by atoms with Gasteiger partial charge in [0.1, 0.15) is 17.3 Å². The Labute approximate surface area is 163 Å². The molecule has 144 valence electrons. The van der Waals surface area contributed by atoms with Gasteiger partial charge in [-0.05, 0) is 20.8 Å². The molecule has 0 bridgehead atoms. The largest absolute Gasteiger partial charge is 3.00 e. The molecule has 0 saturated heterocycles. The van der Waals surface area contributed by atoms with Crippen molar-refractivity contribution >= 4 is 34.7 Å². The van der Waals surface area contributed by atoms with E-state index in [1.54, 1.807) is 20.8 Å². The van der Waals surface area contributed by atoms with E-state index in [-0.39, 0.29) is 54.2 Å². The Kier molecular flexibility index (Phi) is 19.6. The van der Waals surface area contributed by atoms with Gasteiger partial charge in [-0.2, -0.15) is 0 Å². The Balaban J connectivity index is -0.000000130. The van der Waals surface area contributed by atoms with Gasteiger partial charge in [0.15, 0.2) is 0 Å². The van der Waals surface area contributed by atoms with Crippen molar-refractivity contribution in [1.29, 1.82) is 0 Å². The first-order chi connectivity index (χ1) is 10.7. The SMILES string of the molecule is [CH2-]C(=O)C(C)C(C)=O.[CH2-]C(=O)C(C)C(C)=O.[CH2-]C(=O)C(C)C(C)=O.[Rh+3]. The minimum Gasteiger partial charge on any atom is -0.339 e. The van der Waals surface area contributed by atoms with E-state index in [4.69, 9.17) is 0 Å². The van der Waals surface area contributed by atoms with Gasteiger partial charge >= 0.3 is 19.5 Å². The molecule has 0 rings (SSSR count). The van der Waals surface area contributed by atoms with E-state index in [2.05, 4.69) is 20.8 Å². The van der Waals surface area contributed by atoms with Crippen LogP contribution in [0.2, 0.25) is 0 Å². The smallest absolute Gasteiger partial charge is 0.339 e. The second-order valence-electron chi connectivity index (χ2n) is 5.40. The van der Waals surface area contributed by atoms with Crippen LogP contribution >= 0.6 is 0 Å². The first kappa shape index (κ1) is 31.1. The van der Waals surface area contributed by atoms with Crippen molar-refractivity contribution in [1.82, 2.24) is 0 Å². The van der Waals surface area contributed by atoms with Crippen LogP contribution in [0.3, 0.4) is 0 Å². The van der Waals surface area contributed by atoms with E-state index in [0.717, 1.165) is 0 Å². The van der Waals surface area contributed by atoms with Gasteiger partial charge in [0.2, 0.25) is 0 Å². The molecule has 0 aromatic heterocycles. The fourth-order valence-corrected chi connectivity index (χ4v) is 0.680. The molecule has 0 amide bonds. The monoisotopic (exact) mass is 442 g/mol. The number of rotatable bonds is 6. The Morgan fingerprint density at radius 2 is 0.640 bits per heavy atom. The molecule has 3 atom stereocenters. The Morgan fingerprint density at radius 1 is 0.520 bits per heavy atom. The maximum absolute atomic E-state index is 10.3. The molecule has 0 aliphatic carbocycles. The number of Topliss-reactive ketones (excluding diaryl/α,β-unsaturated/α-hetero) is 6. The zero-order chi connectivity index (χ0) is 20.2. The predicted molar refractivity (Wildman–Crippen MR) is 90.6 cm³/mol. The van der Waals surface area contributed by atoms with Crippen LogP contribution < -0.4 is 0 Å². The molecule has 0 heterocycles. The summed E-state index contributed by atoms with van der Waals surface area (Å²) < 4.78 is 0. The van der Waals surface area contributed by atoms with E-state index in [1.165, 1.54) is 20.8 Å². The van der Waals surface area contributed by atoms with Crippen molar-refractivity contribution in [2.24, 2.45) is 17.8 Å². The van der Waals surface area contributed by atoms with Crippen molar-refractivity contribution in [3.63, 3.8) is 0 Å². The van der Waals surface area contributed by atoms with E-state index >= 15 is 0 Å². The number of carbonyl (C=O) groups is 6. The summed E-state index contributed by atoms with van der Waals surface area (Å²) in [7, 11) is 0. The summed E-state index contributed by atoms with van der Waals surface area (Å²) in [6, 6.07) is 0. The van der Waals surface area contributed by atoms with Gasteiger partial charge in [-0.15, -0.1) is 0 Å². The molecule has 25 heavy (non-hydrogen) atoms. The zero-order valence-corrected chi connectivity index (χ0v) is 17.3. The molecule has 0 aromatic rings. The summed E-state index contributed by atoms with van der Waals surface area (Å²) >= 11 is 0. The first-order valence-corrected chi connectivity index (χ1v) is 7.25. The van der Waals surface area contributed by atoms with Gasteiger partial charge in [0.25, 0.3) is 0 Å². The molecule has 0 saturated carbocycles. The quantitative estimate of drug-likeness (QED) is 0.354. The molecule has 0 aromatic carbocycles. The number of ketones is 6. The molecular formula is C18H27O6Rh. The Morgan fingerprint density at radius 3 is 0.640 bits per heavy atom. The summed E-state index contributed by atoms with van der Waals surface area (Å²) in [6.07, 6.45) is 0. The van der Waals surface area contributed by atoms with Crippen LogP contribution in [0.5, 0.6) is 0 Å². The average Bonchev–Trinajstić information content (AvgIpc) is 2.45. The van der Waals surface area contributed by atoms with Crippen molar-refractivity contribution in [3.05, 3.63) is 20.8 Å². The molecular weight excluding hydrogens is 415 g/mol. The standard InChI is InChI=1S/3C6H9O2.Rh/c3*1-4(5(2)7)6(3)8;/h3*4H,2H2,1,3H3;/q3*-1;+3. The minimum absolute atomic E-state index is 0. The molecule has 0 aliphatic heterocycles. The van der Waals surface area contributed by atoms with E-state index in [0.29, 0.717) is 0 Å². The van der Waals surface area contributed by atoms with E-state index in [1.807, 2.05) is 0 Å². The third-order valence-electron chi connectivity index (χ3n) is 3.28. The van der Waals surface area contributed by atoms with Crippen molar-refractivity contribution < 1.29 is 48.2 Å². The molecule has 3 unspecified atom stereocenters. The van der Waals surface area contributed by atoms with Gasteiger partial charge in [-0.1, -0.05) is 20.8 Å². The van der Waals surface area contributed by atoms with Crippen LogP contribution in [0, 0.1) is 38.5 Å². The fourth-order valence-electron chi connectivity index (χ4n) is 0.680. The zero-order valence-electron chi connectivity index (χ0n) is 15.6. The molecule has 0 spiro atoms. The second kappa shape index (κ2) is 15.8. The van der Waals surface area contributed by atoms with E-state index < -0.39 is 17.8 Å². The van der Waals surface area contributed by atoms with Gasteiger partial charge in [-0.3, -0.25) is 14.4 Å². The minimum atomic E-state index is -0.519. The Bertz CT molecular complexity index is 382. The van der Waals surface area contributed by atoms with Crippen molar-refractivity contribution in [2.45, 2.75) is 41.5 Å². The molecule has 6 nitrogen and oxygen atoms in total. The molecule has 0 radical (unpaired) electrons. The van der Waals surface area contributed by atoms with Gasteiger partial charge < -0.3 is 35.2 Å². The van der Waals surface area contributed by atoms with Crippen LogP contribution in [-0.2, 0) is 48.2 Å². The van der Waals surface area contributed by atoms with Crippen LogP contribution in [0.4, 0.5) is 0 Å². The normalized spacial score (nSPS) is 12.2. The Hall–Kier alpha value is -1.75. The number of hydrogen-bond donors (Lipinski definition) is 0. The fraction of sp³-hybridized carbons (Fsp3) is 0.500. The van der Waals surface area contributed by atoms with Crippen LogP contribution in [0.15, 0.2) is 0 Å². The van der Waals surface area contributed by atoms with Crippen LogP contribution in [0.1, 0.15) is 41.5 Å². The van der Waals surface area contributed by atoms with Crippen molar-refractivity contribution in [3.8, 4) is 0 Å². The number of carbonyl (C=O) groups excluding carboxylic acids is 6. The maximum atomic E-state index is 10.3. The number of hydrogen-bond acceptors (Lipinski definition) is 6. The van der Waals surface area contributed by atoms with Gasteiger partial charge in [0, 0.05) is 35.1 Å². The predicted octanol–water partition coefficient (Wildman–Crippen LogP) is 1.84. The molecule has 7 heteroatoms. The van der Waals surface area contributed by atoms with Crippen LogP contribution in [0.25, 0.3) is 0 Å². The molecule has 0 fully saturated rings. The molecule has 0 N–H and O–H groups in total. The second-order valence-corrected chi connectivity index (χ2v) is 5.40. The topological polar surface area (TPSA) is 102 Å². The first-order valence-electron chi connectivity index (χ1n) is 7.25. The third kappa shape index (κ3) is 18.4. The van der Waals surface area contributed by atoms with Crippen molar-refractivity contribution in [2.75, 3.05) is 0 Å².